The third kappa shape index (κ3) is 3.19. The number of amides is 1. The molecule has 0 aliphatic heterocycles. The predicted octanol–water partition coefficient (Wildman–Crippen LogP) is 3.55. The summed E-state index contributed by atoms with van der Waals surface area (Å²) in [6.07, 6.45) is -0.282. The first kappa shape index (κ1) is 16.3. The van der Waals surface area contributed by atoms with E-state index in [0.29, 0.717) is 12.1 Å². The third-order valence-electron chi connectivity index (χ3n) is 3.63. The number of halogens is 1. The second kappa shape index (κ2) is 6.49. The molecule has 0 radical (unpaired) electrons. The minimum atomic E-state index is -0.926. The van der Waals surface area contributed by atoms with Crippen molar-refractivity contribution in [1.82, 2.24) is 14.6 Å². The Bertz CT molecular complexity index is 890. The van der Waals surface area contributed by atoms with Crippen LogP contribution in [0.2, 0.25) is 5.15 Å². The van der Waals surface area contributed by atoms with Gasteiger partial charge in [0.05, 0.1) is 5.69 Å². The molecule has 0 fully saturated rings. The third-order valence-corrected chi connectivity index (χ3v) is 3.83. The first-order valence-electron chi connectivity index (χ1n) is 7.55. The first-order chi connectivity index (χ1) is 11.5. The van der Waals surface area contributed by atoms with Crippen molar-refractivity contribution >= 4 is 23.3 Å². The van der Waals surface area contributed by atoms with Gasteiger partial charge in [0, 0.05) is 18.1 Å². The van der Waals surface area contributed by atoms with E-state index in [1.54, 1.807) is 0 Å². The Morgan fingerprint density at radius 1 is 1.33 bits per heavy atom. The molecule has 3 aromatic rings. The lowest BCUT2D eigenvalue weighted by Gasteiger charge is -2.07. The minimum absolute atomic E-state index is 0.152. The quantitative estimate of drug-likeness (QED) is 0.733. The summed E-state index contributed by atoms with van der Waals surface area (Å²) >= 11 is 6.07. The van der Waals surface area contributed by atoms with Gasteiger partial charge in [0.15, 0.2) is 5.65 Å². The number of hydrogen-bond acceptors (Lipinski definition) is 4. The highest BCUT2D eigenvalue weighted by molar-refractivity contribution is 6.29. The van der Waals surface area contributed by atoms with Crippen molar-refractivity contribution in [3.8, 4) is 5.88 Å². The van der Waals surface area contributed by atoms with Crippen molar-refractivity contribution in [3.05, 3.63) is 58.4 Å². The highest BCUT2D eigenvalue weighted by atomic mass is 35.5. The first-order valence-corrected chi connectivity index (χ1v) is 7.92. The lowest BCUT2D eigenvalue weighted by Crippen LogP contribution is -2.18. The number of rotatable bonds is 4. The molecule has 0 spiro atoms. The average molecular weight is 345 g/mol. The van der Waals surface area contributed by atoms with E-state index in [-0.39, 0.29) is 17.0 Å². The molecule has 7 heteroatoms. The fraction of sp³-hybridized carbons (Fsp3) is 0.235. The minimum Gasteiger partial charge on any atom is -0.391 e. The van der Waals surface area contributed by atoms with Gasteiger partial charge in [0.25, 0.3) is 0 Å². The topological polar surface area (TPSA) is 82.5 Å². The van der Waals surface area contributed by atoms with Crippen LogP contribution in [-0.4, -0.2) is 20.7 Å². The van der Waals surface area contributed by atoms with Crippen LogP contribution in [-0.2, 0) is 6.42 Å². The maximum atomic E-state index is 11.1. The van der Waals surface area contributed by atoms with Crippen molar-refractivity contribution in [1.29, 1.82) is 0 Å². The van der Waals surface area contributed by atoms with Crippen molar-refractivity contribution < 1.29 is 9.53 Å². The average Bonchev–Trinajstić information content (AvgIpc) is 2.85. The Morgan fingerprint density at radius 3 is 2.67 bits per heavy atom. The standard InChI is InChI=1S/C17H17ClN4O2/c1-10(2)15-12(8-11-6-4-3-5-7-11)21-22-14(24-17(19)23)9-13(18)20-16(15)22/h3-7,9-10H,8H2,1-2H3,(H2,19,23). The van der Waals surface area contributed by atoms with E-state index in [4.69, 9.17) is 22.1 Å². The van der Waals surface area contributed by atoms with Gasteiger partial charge in [-0.1, -0.05) is 55.8 Å². The van der Waals surface area contributed by atoms with Crippen LogP contribution in [0.3, 0.4) is 0 Å². The van der Waals surface area contributed by atoms with Crippen molar-refractivity contribution in [2.24, 2.45) is 5.73 Å². The van der Waals surface area contributed by atoms with E-state index in [1.807, 2.05) is 30.3 Å². The zero-order valence-corrected chi connectivity index (χ0v) is 14.1. The maximum absolute atomic E-state index is 11.1. The van der Waals surface area contributed by atoms with Gasteiger partial charge >= 0.3 is 6.09 Å². The predicted molar refractivity (Wildman–Crippen MR) is 91.5 cm³/mol. The van der Waals surface area contributed by atoms with Gasteiger partial charge in [-0.25, -0.2) is 9.78 Å². The van der Waals surface area contributed by atoms with E-state index < -0.39 is 6.09 Å². The van der Waals surface area contributed by atoms with E-state index in [1.165, 1.54) is 10.6 Å². The molecule has 6 nitrogen and oxygen atoms in total. The number of aromatic nitrogens is 3. The Balaban J connectivity index is 2.18. The summed E-state index contributed by atoms with van der Waals surface area (Å²) in [7, 11) is 0. The molecule has 0 saturated carbocycles. The summed E-state index contributed by atoms with van der Waals surface area (Å²) in [5.41, 5.74) is 8.66. The number of carbonyl (C=O) groups is 1. The fourth-order valence-electron chi connectivity index (χ4n) is 2.71. The van der Waals surface area contributed by atoms with Gasteiger partial charge in [-0.2, -0.15) is 9.61 Å². The summed E-state index contributed by atoms with van der Waals surface area (Å²) < 4.78 is 6.50. The van der Waals surface area contributed by atoms with E-state index in [0.717, 1.165) is 16.8 Å². The van der Waals surface area contributed by atoms with Gasteiger partial charge in [0.2, 0.25) is 5.88 Å². The van der Waals surface area contributed by atoms with Crippen LogP contribution in [0.5, 0.6) is 5.88 Å². The molecule has 1 amide bonds. The van der Waals surface area contributed by atoms with Crippen LogP contribution in [0, 0.1) is 0 Å². The Kier molecular flexibility index (Phi) is 4.40. The Hall–Kier alpha value is -2.60. The second-order valence-electron chi connectivity index (χ2n) is 5.75. The molecule has 0 atom stereocenters. The number of fused-ring (bicyclic) bond motifs is 1. The second-order valence-corrected chi connectivity index (χ2v) is 6.14. The van der Waals surface area contributed by atoms with Gasteiger partial charge in [-0.15, -0.1) is 0 Å². The smallest absolute Gasteiger partial charge is 0.391 e. The number of benzene rings is 1. The van der Waals surface area contributed by atoms with Gasteiger partial charge in [-0.05, 0) is 11.5 Å². The molecular formula is C17H17ClN4O2. The highest BCUT2D eigenvalue weighted by Crippen LogP contribution is 2.29. The Morgan fingerprint density at radius 2 is 2.04 bits per heavy atom. The van der Waals surface area contributed by atoms with Crippen molar-refractivity contribution in [2.75, 3.05) is 0 Å². The summed E-state index contributed by atoms with van der Waals surface area (Å²) in [5, 5.41) is 4.80. The van der Waals surface area contributed by atoms with Crippen LogP contribution in [0.15, 0.2) is 36.4 Å². The molecule has 24 heavy (non-hydrogen) atoms. The SMILES string of the molecule is CC(C)c1c(Cc2ccccc2)nn2c(OC(N)=O)cc(Cl)nc12. The number of carbonyl (C=O) groups excluding carboxylic acids is 1. The summed E-state index contributed by atoms with van der Waals surface area (Å²) in [6.45, 7) is 4.12. The Labute approximate surface area is 144 Å². The molecule has 124 valence electrons. The van der Waals surface area contributed by atoms with Crippen molar-refractivity contribution in [3.63, 3.8) is 0 Å². The van der Waals surface area contributed by atoms with Gasteiger partial charge in [-0.3, -0.25) is 0 Å². The highest BCUT2D eigenvalue weighted by Gasteiger charge is 2.21. The number of ether oxygens (including phenoxy) is 1. The number of nitrogens with zero attached hydrogens (tertiary/aromatic N) is 3. The van der Waals surface area contributed by atoms with Gasteiger partial charge in [0.1, 0.15) is 5.15 Å². The maximum Gasteiger partial charge on any atom is 0.411 e. The number of hydrogen-bond donors (Lipinski definition) is 1. The molecule has 0 bridgehead atoms. The normalized spacial score (nSPS) is 11.2. The number of primary amides is 1. The molecule has 0 unspecified atom stereocenters. The lowest BCUT2D eigenvalue weighted by atomic mass is 9.99. The zero-order chi connectivity index (χ0) is 17.3. The fourth-order valence-corrected chi connectivity index (χ4v) is 2.88. The van der Waals surface area contributed by atoms with Crippen LogP contribution >= 0.6 is 11.6 Å². The molecule has 0 saturated heterocycles. The molecule has 0 aliphatic rings. The zero-order valence-electron chi connectivity index (χ0n) is 13.4. The summed E-state index contributed by atoms with van der Waals surface area (Å²) in [4.78, 5) is 15.5. The molecule has 2 N–H and O–H groups in total. The molecule has 1 aromatic carbocycles. The van der Waals surface area contributed by atoms with E-state index >= 15 is 0 Å². The van der Waals surface area contributed by atoms with Crippen LogP contribution in [0.1, 0.15) is 36.6 Å². The van der Waals surface area contributed by atoms with E-state index in [2.05, 4.69) is 23.9 Å². The monoisotopic (exact) mass is 344 g/mol. The lowest BCUT2D eigenvalue weighted by molar-refractivity contribution is 0.207. The molecular weight excluding hydrogens is 328 g/mol. The van der Waals surface area contributed by atoms with Crippen LogP contribution in [0.25, 0.3) is 5.65 Å². The molecule has 2 aromatic heterocycles. The van der Waals surface area contributed by atoms with Crippen molar-refractivity contribution in [2.45, 2.75) is 26.2 Å². The van der Waals surface area contributed by atoms with E-state index in [9.17, 15) is 4.79 Å². The number of nitrogens with two attached hydrogens (primary N) is 1. The largest absolute Gasteiger partial charge is 0.411 e. The molecule has 2 heterocycles. The van der Waals surface area contributed by atoms with Crippen LogP contribution in [0.4, 0.5) is 4.79 Å². The summed E-state index contributed by atoms with van der Waals surface area (Å²) in [5.74, 6) is 0.326. The van der Waals surface area contributed by atoms with Gasteiger partial charge < -0.3 is 10.5 Å². The van der Waals surface area contributed by atoms with Crippen LogP contribution < -0.4 is 10.5 Å². The molecule has 0 aliphatic carbocycles. The summed E-state index contributed by atoms with van der Waals surface area (Å²) in [6, 6.07) is 11.4. The molecule has 3 rings (SSSR count).